The number of unbranched alkanes of at least 4 members (excludes halogenated alkanes) is 8. The predicted octanol–water partition coefficient (Wildman–Crippen LogP) is 11.2. The Morgan fingerprint density at radius 3 is 1.79 bits per heavy atom. The molecular formula is C39H45FO3. The first-order valence-corrected chi connectivity index (χ1v) is 16.0. The van der Waals surface area contributed by atoms with Crippen molar-refractivity contribution in [2.24, 2.45) is 0 Å². The molecule has 226 valence electrons. The molecule has 0 saturated heterocycles. The SMILES string of the molecule is CCCCCCCCCc1ccc(-c2ccc(C(=O)Oc3ccc(-c4ccc(OCCCCC)cc4)cc3)cc2F)cc1. The molecule has 0 aliphatic heterocycles. The third-order valence-electron chi connectivity index (χ3n) is 7.81. The highest BCUT2D eigenvalue weighted by atomic mass is 19.1. The summed E-state index contributed by atoms with van der Waals surface area (Å²) in [7, 11) is 0. The Balaban J connectivity index is 1.28. The van der Waals surface area contributed by atoms with Gasteiger partial charge >= 0.3 is 5.97 Å². The van der Waals surface area contributed by atoms with Crippen LogP contribution in [-0.2, 0) is 6.42 Å². The van der Waals surface area contributed by atoms with E-state index in [1.165, 1.54) is 69.4 Å². The molecule has 4 rings (SSSR count). The molecule has 43 heavy (non-hydrogen) atoms. The molecule has 0 amide bonds. The zero-order chi connectivity index (χ0) is 30.3. The van der Waals surface area contributed by atoms with Gasteiger partial charge in [0.05, 0.1) is 12.2 Å². The van der Waals surface area contributed by atoms with Gasteiger partial charge in [0.15, 0.2) is 0 Å². The molecule has 4 heteroatoms. The zero-order valence-corrected chi connectivity index (χ0v) is 25.7. The lowest BCUT2D eigenvalue weighted by molar-refractivity contribution is 0.0734. The topological polar surface area (TPSA) is 35.5 Å². The molecule has 0 aliphatic rings. The Kier molecular flexibility index (Phi) is 12.8. The smallest absolute Gasteiger partial charge is 0.343 e. The van der Waals surface area contributed by atoms with E-state index in [4.69, 9.17) is 9.47 Å². The molecule has 4 aromatic carbocycles. The van der Waals surface area contributed by atoms with Crippen LogP contribution in [0.25, 0.3) is 22.3 Å². The summed E-state index contributed by atoms with van der Waals surface area (Å²) >= 11 is 0. The zero-order valence-electron chi connectivity index (χ0n) is 25.7. The molecule has 0 spiro atoms. The van der Waals surface area contributed by atoms with Gasteiger partial charge < -0.3 is 9.47 Å². The Morgan fingerprint density at radius 1 is 0.605 bits per heavy atom. The first-order chi connectivity index (χ1) is 21.1. The summed E-state index contributed by atoms with van der Waals surface area (Å²) in [5.41, 5.74) is 4.76. The van der Waals surface area contributed by atoms with Crippen molar-refractivity contribution in [3.63, 3.8) is 0 Å². The number of ether oxygens (including phenoxy) is 2. The van der Waals surface area contributed by atoms with Crippen LogP contribution in [0.3, 0.4) is 0 Å². The minimum absolute atomic E-state index is 0.176. The van der Waals surface area contributed by atoms with E-state index in [0.717, 1.165) is 41.9 Å². The summed E-state index contributed by atoms with van der Waals surface area (Å²) in [6.07, 6.45) is 13.5. The largest absolute Gasteiger partial charge is 0.494 e. The third-order valence-corrected chi connectivity index (χ3v) is 7.81. The number of hydrogen-bond acceptors (Lipinski definition) is 3. The minimum atomic E-state index is -0.590. The minimum Gasteiger partial charge on any atom is -0.494 e. The number of carbonyl (C=O) groups is 1. The van der Waals surface area contributed by atoms with Crippen LogP contribution in [0.4, 0.5) is 4.39 Å². The van der Waals surface area contributed by atoms with Gasteiger partial charge in [-0.1, -0.05) is 120 Å². The van der Waals surface area contributed by atoms with Gasteiger partial charge in [-0.15, -0.1) is 0 Å². The molecule has 0 bridgehead atoms. The molecule has 0 N–H and O–H groups in total. The second kappa shape index (κ2) is 17.3. The van der Waals surface area contributed by atoms with Gasteiger partial charge in [0, 0.05) is 5.56 Å². The van der Waals surface area contributed by atoms with Gasteiger partial charge in [0.25, 0.3) is 0 Å². The Morgan fingerprint density at radius 2 is 1.16 bits per heavy atom. The first kappa shape index (κ1) is 32.0. The van der Waals surface area contributed by atoms with Crippen LogP contribution < -0.4 is 9.47 Å². The van der Waals surface area contributed by atoms with Crippen LogP contribution in [0.5, 0.6) is 11.5 Å². The van der Waals surface area contributed by atoms with Gasteiger partial charge in [-0.05, 0) is 77.9 Å². The fourth-order valence-electron chi connectivity index (χ4n) is 5.18. The maximum atomic E-state index is 15.1. The highest BCUT2D eigenvalue weighted by Gasteiger charge is 2.14. The number of rotatable bonds is 17. The Labute approximate surface area is 257 Å². The number of aryl methyl sites for hydroxylation is 1. The van der Waals surface area contributed by atoms with Crippen LogP contribution in [0, 0.1) is 5.82 Å². The van der Waals surface area contributed by atoms with Gasteiger partial charge in [0.2, 0.25) is 0 Å². The molecule has 0 radical (unpaired) electrons. The highest BCUT2D eigenvalue weighted by Crippen LogP contribution is 2.27. The van der Waals surface area contributed by atoms with E-state index in [9.17, 15) is 4.79 Å². The van der Waals surface area contributed by atoms with E-state index in [0.29, 0.717) is 11.3 Å². The number of esters is 1. The lowest BCUT2D eigenvalue weighted by Crippen LogP contribution is -2.09. The van der Waals surface area contributed by atoms with Crippen molar-refractivity contribution in [3.8, 4) is 33.8 Å². The van der Waals surface area contributed by atoms with Crippen molar-refractivity contribution in [2.75, 3.05) is 6.61 Å². The van der Waals surface area contributed by atoms with Crippen molar-refractivity contribution in [1.82, 2.24) is 0 Å². The van der Waals surface area contributed by atoms with Crippen LogP contribution >= 0.6 is 0 Å². The third kappa shape index (κ3) is 10.1. The quantitative estimate of drug-likeness (QED) is 0.0708. The molecule has 0 fully saturated rings. The van der Waals surface area contributed by atoms with Crippen molar-refractivity contribution in [2.45, 2.75) is 84.5 Å². The molecule has 4 aromatic rings. The van der Waals surface area contributed by atoms with Crippen molar-refractivity contribution < 1.29 is 18.7 Å². The van der Waals surface area contributed by atoms with E-state index in [2.05, 4.69) is 26.0 Å². The second-order valence-corrected chi connectivity index (χ2v) is 11.3. The molecule has 0 aliphatic carbocycles. The second-order valence-electron chi connectivity index (χ2n) is 11.3. The summed E-state index contributed by atoms with van der Waals surface area (Å²) in [5.74, 6) is 0.236. The van der Waals surface area contributed by atoms with Crippen LogP contribution in [-0.4, -0.2) is 12.6 Å². The molecule has 0 saturated carbocycles. The summed E-state index contributed by atoms with van der Waals surface area (Å²) in [5, 5.41) is 0. The number of halogens is 1. The first-order valence-electron chi connectivity index (χ1n) is 16.0. The van der Waals surface area contributed by atoms with E-state index in [1.807, 2.05) is 48.5 Å². The maximum Gasteiger partial charge on any atom is 0.343 e. The predicted molar refractivity (Wildman–Crippen MR) is 175 cm³/mol. The van der Waals surface area contributed by atoms with Gasteiger partial charge in [-0.2, -0.15) is 0 Å². The molecule has 0 atom stereocenters. The standard InChI is InChI=1S/C39H45FO3/c1-3-5-7-8-9-10-11-13-30-14-16-33(17-15-30)37-27-22-34(29-38(37)40)39(41)43-36-25-20-32(21-26-36)31-18-23-35(24-19-31)42-28-12-6-4-2/h14-27,29H,3-13,28H2,1-2H3. The Hall–Kier alpha value is -3.92. The average Bonchev–Trinajstić information content (AvgIpc) is 3.04. The number of hydrogen-bond donors (Lipinski definition) is 0. The van der Waals surface area contributed by atoms with E-state index in [1.54, 1.807) is 24.3 Å². The monoisotopic (exact) mass is 580 g/mol. The summed E-state index contributed by atoms with van der Waals surface area (Å²) < 4.78 is 26.4. The van der Waals surface area contributed by atoms with Crippen LogP contribution in [0.15, 0.2) is 91.0 Å². The van der Waals surface area contributed by atoms with Gasteiger partial charge in [0.1, 0.15) is 17.3 Å². The van der Waals surface area contributed by atoms with E-state index < -0.39 is 11.8 Å². The highest BCUT2D eigenvalue weighted by molar-refractivity contribution is 5.91. The van der Waals surface area contributed by atoms with E-state index >= 15 is 4.39 Å². The normalized spacial score (nSPS) is 11.0. The summed E-state index contributed by atoms with van der Waals surface area (Å²) in [4.78, 5) is 12.8. The molecule has 0 aromatic heterocycles. The van der Waals surface area contributed by atoms with Crippen LogP contribution in [0.2, 0.25) is 0 Å². The Bertz CT molecular complexity index is 1390. The van der Waals surface area contributed by atoms with E-state index in [-0.39, 0.29) is 5.56 Å². The lowest BCUT2D eigenvalue weighted by atomic mass is 9.99. The van der Waals surface area contributed by atoms with Crippen molar-refractivity contribution in [3.05, 3.63) is 108 Å². The average molecular weight is 581 g/mol. The van der Waals surface area contributed by atoms with Crippen molar-refractivity contribution >= 4 is 5.97 Å². The summed E-state index contributed by atoms with van der Waals surface area (Å²) in [6, 6.07) is 27.9. The molecule has 3 nitrogen and oxygen atoms in total. The number of carbonyl (C=O) groups excluding carboxylic acids is 1. The lowest BCUT2D eigenvalue weighted by Gasteiger charge is -2.09. The maximum absolute atomic E-state index is 15.1. The fraction of sp³-hybridized carbons (Fsp3) is 0.359. The fourth-order valence-corrected chi connectivity index (χ4v) is 5.18. The molecule has 0 heterocycles. The molecule has 0 unspecified atom stereocenters. The van der Waals surface area contributed by atoms with Crippen LogP contribution in [0.1, 0.15) is 94.0 Å². The van der Waals surface area contributed by atoms with Gasteiger partial charge in [-0.25, -0.2) is 9.18 Å². The molecular weight excluding hydrogens is 535 g/mol. The van der Waals surface area contributed by atoms with Gasteiger partial charge in [-0.3, -0.25) is 0 Å². The number of benzene rings is 4. The summed E-state index contributed by atoms with van der Waals surface area (Å²) in [6.45, 7) is 5.15. The van der Waals surface area contributed by atoms with Crippen molar-refractivity contribution in [1.29, 1.82) is 0 Å².